The first kappa shape index (κ1) is 20.6. The largest absolute Gasteiger partial charge is 0.314 e. The molecule has 6 heteroatoms. The average Bonchev–Trinajstić information content (AvgIpc) is 2.43. The minimum atomic E-state index is -0.427. The van der Waals surface area contributed by atoms with Crippen molar-refractivity contribution in [2.45, 2.75) is 26.3 Å². The van der Waals surface area contributed by atoms with E-state index in [2.05, 4.69) is 24.1 Å². The fourth-order valence-corrected chi connectivity index (χ4v) is 2.80. The lowest BCUT2D eigenvalue weighted by atomic mass is 9.90. The van der Waals surface area contributed by atoms with Gasteiger partial charge in [0.05, 0.1) is 0 Å². The molecular weight excluding hydrogens is 317 g/mol. The zero-order valence-corrected chi connectivity index (χ0v) is 14.1. The maximum atomic E-state index is 14.1. The number of halogens is 4. The van der Waals surface area contributed by atoms with Crippen molar-refractivity contribution in [2.75, 3.05) is 26.2 Å². The van der Waals surface area contributed by atoms with Crippen LogP contribution in [0.15, 0.2) is 18.2 Å². The smallest absolute Gasteiger partial charge is 0.130 e. The maximum absolute atomic E-state index is 14.1. The second-order valence-corrected chi connectivity index (χ2v) is 5.25. The number of hydrogen-bond acceptors (Lipinski definition) is 2. The molecule has 1 heterocycles. The summed E-state index contributed by atoms with van der Waals surface area (Å²) in [5.41, 5.74) is 0.235. The van der Waals surface area contributed by atoms with Crippen molar-refractivity contribution in [3.63, 3.8) is 0 Å². The summed E-state index contributed by atoms with van der Waals surface area (Å²) < 4.78 is 28.1. The van der Waals surface area contributed by atoms with Gasteiger partial charge in [-0.25, -0.2) is 8.78 Å². The molecule has 21 heavy (non-hydrogen) atoms. The van der Waals surface area contributed by atoms with Gasteiger partial charge in [0.25, 0.3) is 0 Å². The van der Waals surface area contributed by atoms with Gasteiger partial charge in [-0.3, -0.25) is 4.90 Å². The van der Waals surface area contributed by atoms with Crippen molar-refractivity contribution in [2.24, 2.45) is 5.92 Å². The Labute approximate surface area is 138 Å². The van der Waals surface area contributed by atoms with Crippen LogP contribution in [0.3, 0.4) is 0 Å². The second-order valence-electron chi connectivity index (χ2n) is 5.25. The van der Waals surface area contributed by atoms with Gasteiger partial charge in [-0.05, 0) is 18.1 Å². The third-order valence-electron chi connectivity index (χ3n) is 4.02. The van der Waals surface area contributed by atoms with Crippen molar-refractivity contribution in [1.82, 2.24) is 10.2 Å². The van der Waals surface area contributed by atoms with Crippen LogP contribution in [0.25, 0.3) is 0 Å². The molecule has 2 rings (SSSR count). The Bertz CT molecular complexity index is 406. The van der Waals surface area contributed by atoms with E-state index < -0.39 is 11.6 Å². The Morgan fingerprint density at radius 1 is 1.14 bits per heavy atom. The lowest BCUT2D eigenvalue weighted by molar-refractivity contribution is 0.122. The normalized spacial score (nSPS) is 18.3. The van der Waals surface area contributed by atoms with Gasteiger partial charge in [0, 0.05) is 37.8 Å². The standard InChI is InChI=1S/C15H22F2N2.2ClH/c1-3-11(2)15(19-9-7-18-8-10-19)14-12(16)5-4-6-13(14)17;;/h4-6,11,15,18H,3,7-10H2,1-2H3;2*1H/t11?,15-;;/m0../s1. The van der Waals surface area contributed by atoms with Gasteiger partial charge < -0.3 is 5.32 Å². The molecule has 0 bridgehead atoms. The summed E-state index contributed by atoms with van der Waals surface area (Å²) in [6.07, 6.45) is 0.905. The van der Waals surface area contributed by atoms with Crippen LogP contribution in [-0.2, 0) is 0 Å². The zero-order chi connectivity index (χ0) is 13.8. The minimum absolute atomic E-state index is 0. The van der Waals surface area contributed by atoms with Gasteiger partial charge in [0.15, 0.2) is 0 Å². The molecule has 122 valence electrons. The lowest BCUT2D eigenvalue weighted by Gasteiger charge is -2.38. The van der Waals surface area contributed by atoms with E-state index in [0.717, 1.165) is 32.6 Å². The number of nitrogens with zero attached hydrogens (tertiary/aromatic N) is 1. The van der Waals surface area contributed by atoms with Gasteiger partial charge in [0.1, 0.15) is 11.6 Å². The molecule has 0 saturated carbocycles. The van der Waals surface area contributed by atoms with E-state index in [1.807, 2.05) is 0 Å². The second kappa shape index (κ2) is 9.57. The number of piperazine rings is 1. The molecule has 0 aliphatic carbocycles. The molecule has 1 aliphatic rings. The van der Waals surface area contributed by atoms with Crippen LogP contribution in [0.2, 0.25) is 0 Å². The van der Waals surface area contributed by atoms with Crippen molar-refractivity contribution >= 4 is 24.8 Å². The van der Waals surface area contributed by atoms with Gasteiger partial charge in [-0.1, -0.05) is 26.3 Å². The molecular formula is C15H24Cl2F2N2. The van der Waals surface area contributed by atoms with E-state index in [0.29, 0.717) is 0 Å². The molecule has 1 N–H and O–H groups in total. The highest BCUT2D eigenvalue weighted by Crippen LogP contribution is 2.34. The summed E-state index contributed by atoms with van der Waals surface area (Å²) in [6.45, 7) is 7.56. The molecule has 0 amide bonds. The first-order chi connectivity index (χ1) is 9.15. The quantitative estimate of drug-likeness (QED) is 0.896. The molecule has 1 saturated heterocycles. The third kappa shape index (κ3) is 4.78. The minimum Gasteiger partial charge on any atom is -0.314 e. The lowest BCUT2D eigenvalue weighted by Crippen LogP contribution is -2.47. The van der Waals surface area contributed by atoms with Crippen molar-refractivity contribution in [3.8, 4) is 0 Å². The molecule has 0 radical (unpaired) electrons. The molecule has 0 aromatic heterocycles. The average molecular weight is 341 g/mol. The van der Waals surface area contributed by atoms with E-state index >= 15 is 0 Å². The first-order valence-electron chi connectivity index (χ1n) is 7.03. The van der Waals surface area contributed by atoms with Crippen molar-refractivity contribution < 1.29 is 8.78 Å². The number of nitrogens with one attached hydrogen (secondary N) is 1. The summed E-state index contributed by atoms with van der Waals surface area (Å²) in [7, 11) is 0. The zero-order valence-electron chi connectivity index (χ0n) is 12.4. The molecule has 1 unspecified atom stereocenters. The molecule has 1 fully saturated rings. The van der Waals surface area contributed by atoms with Crippen molar-refractivity contribution in [1.29, 1.82) is 0 Å². The predicted molar refractivity (Wildman–Crippen MR) is 87.5 cm³/mol. The fourth-order valence-electron chi connectivity index (χ4n) is 2.80. The highest BCUT2D eigenvalue weighted by molar-refractivity contribution is 5.85. The van der Waals surface area contributed by atoms with Crippen LogP contribution in [0.1, 0.15) is 31.9 Å². The Morgan fingerprint density at radius 3 is 2.14 bits per heavy atom. The topological polar surface area (TPSA) is 15.3 Å². The third-order valence-corrected chi connectivity index (χ3v) is 4.02. The molecule has 2 nitrogen and oxygen atoms in total. The Kier molecular flexibility index (Phi) is 9.38. The molecule has 1 aliphatic heterocycles. The summed E-state index contributed by atoms with van der Waals surface area (Å²) in [5, 5.41) is 3.28. The summed E-state index contributed by atoms with van der Waals surface area (Å²) in [4.78, 5) is 2.20. The van der Waals surface area contributed by atoms with Crippen LogP contribution in [0.4, 0.5) is 8.78 Å². The van der Waals surface area contributed by atoms with Crippen LogP contribution in [-0.4, -0.2) is 31.1 Å². The molecule has 1 aromatic carbocycles. The van der Waals surface area contributed by atoms with Gasteiger partial charge in [-0.2, -0.15) is 0 Å². The maximum Gasteiger partial charge on any atom is 0.130 e. The summed E-state index contributed by atoms with van der Waals surface area (Å²) >= 11 is 0. The first-order valence-corrected chi connectivity index (χ1v) is 7.03. The van der Waals surface area contributed by atoms with E-state index in [-0.39, 0.29) is 42.3 Å². The van der Waals surface area contributed by atoms with Crippen molar-refractivity contribution in [3.05, 3.63) is 35.4 Å². The number of benzene rings is 1. The van der Waals surface area contributed by atoms with E-state index in [1.165, 1.54) is 18.2 Å². The summed E-state index contributed by atoms with van der Waals surface area (Å²) in [6, 6.07) is 3.97. The van der Waals surface area contributed by atoms with Crippen LogP contribution in [0.5, 0.6) is 0 Å². The van der Waals surface area contributed by atoms with Gasteiger partial charge in [0.2, 0.25) is 0 Å². The van der Waals surface area contributed by atoms with Crippen LogP contribution < -0.4 is 5.32 Å². The van der Waals surface area contributed by atoms with Crippen LogP contribution >= 0.6 is 24.8 Å². The number of hydrogen-bond donors (Lipinski definition) is 1. The van der Waals surface area contributed by atoms with Crippen LogP contribution in [0, 0.1) is 17.6 Å². The van der Waals surface area contributed by atoms with E-state index in [1.54, 1.807) is 0 Å². The van der Waals surface area contributed by atoms with Gasteiger partial charge >= 0.3 is 0 Å². The molecule has 1 aromatic rings. The summed E-state index contributed by atoms with van der Waals surface area (Å²) in [5.74, 6) is -0.628. The predicted octanol–water partition coefficient (Wildman–Crippen LogP) is 3.80. The Balaban J connectivity index is 0.00000200. The molecule has 0 spiro atoms. The van der Waals surface area contributed by atoms with E-state index in [9.17, 15) is 8.78 Å². The highest BCUT2D eigenvalue weighted by Gasteiger charge is 2.30. The SMILES string of the molecule is CCC(C)[C@@H](c1c(F)cccc1F)N1CCNCC1.Cl.Cl. The number of rotatable bonds is 4. The fraction of sp³-hybridized carbons (Fsp3) is 0.600. The Hall–Kier alpha value is -0.420. The Morgan fingerprint density at radius 2 is 1.67 bits per heavy atom. The van der Waals surface area contributed by atoms with Gasteiger partial charge in [-0.15, -0.1) is 24.8 Å². The molecule has 2 atom stereocenters. The van der Waals surface area contributed by atoms with E-state index in [4.69, 9.17) is 0 Å². The highest BCUT2D eigenvalue weighted by atomic mass is 35.5. The monoisotopic (exact) mass is 340 g/mol.